The summed E-state index contributed by atoms with van der Waals surface area (Å²) in [5, 5.41) is 14.4. The monoisotopic (exact) mass is 458 g/mol. The molecule has 1 unspecified atom stereocenters. The summed E-state index contributed by atoms with van der Waals surface area (Å²) in [6.07, 6.45) is 3.68. The highest BCUT2D eigenvalue weighted by Gasteiger charge is 2.34. The van der Waals surface area contributed by atoms with E-state index in [1.54, 1.807) is 18.5 Å². The van der Waals surface area contributed by atoms with E-state index in [4.69, 9.17) is 0 Å². The molecule has 34 heavy (non-hydrogen) atoms. The average Bonchev–Trinajstić information content (AvgIpc) is 3.56. The fourth-order valence-corrected chi connectivity index (χ4v) is 5.34. The maximum atomic E-state index is 13.4. The van der Waals surface area contributed by atoms with Gasteiger partial charge in [-0.15, -0.1) is 0 Å². The molecule has 0 saturated carbocycles. The zero-order chi connectivity index (χ0) is 23.4. The second-order valence-electron chi connectivity index (χ2n) is 9.44. The van der Waals surface area contributed by atoms with Crippen molar-refractivity contribution >= 4 is 5.69 Å². The summed E-state index contributed by atoms with van der Waals surface area (Å²) in [5.74, 6) is 0.770. The molecule has 0 spiro atoms. The number of halogens is 1. The molecule has 4 heterocycles. The van der Waals surface area contributed by atoms with Gasteiger partial charge >= 0.3 is 0 Å². The Balaban J connectivity index is 1.39. The van der Waals surface area contributed by atoms with E-state index in [0.717, 1.165) is 52.7 Å². The van der Waals surface area contributed by atoms with Gasteiger partial charge in [-0.25, -0.2) is 14.1 Å². The Labute approximate surface area is 197 Å². The molecule has 6 rings (SSSR count). The van der Waals surface area contributed by atoms with Crippen molar-refractivity contribution in [2.24, 2.45) is 5.92 Å². The van der Waals surface area contributed by atoms with Gasteiger partial charge in [-0.1, -0.05) is 12.1 Å². The first-order chi connectivity index (χ1) is 16.5. The van der Waals surface area contributed by atoms with Gasteiger partial charge in [0.15, 0.2) is 5.82 Å². The van der Waals surface area contributed by atoms with Gasteiger partial charge in [-0.05, 0) is 61.6 Å². The lowest BCUT2D eigenvalue weighted by Gasteiger charge is -2.24. The summed E-state index contributed by atoms with van der Waals surface area (Å²) >= 11 is 0. The number of anilines is 1. The van der Waals surface area contributed by atoms with Crippen LogP contribution in [0.2, 0.25) is 0 Å². The SMILES string of the molecule is CN(C)C1CN(c2ccc3c(c2)Cn2cc(-c4ccc(F)cc4)cc2-c2ncnn2-3)C[C@H]1CO. The summed E-state index contributed by atoms with van der Waals surface area (Å²) in [4.78, 5) is 9.12. The van der Waals surface area contributed by atoms with Crippen molar-refractivity contribution in [3.8, 4) is 28.3 Å². The smallest absolute Gasteiger partial charge is 0.179 e. The van der Waals surface area contributed by atoms with Crippen molar-refractivity contribution in [1.29, 1.82) is 0 Å². The minimum atomic E-state index is -0.243. The van der Waals surface area contributed by atoms with Crippen LogP contribution in [-0.4, -0.2) is 69.2 Å². The van der Waals surface area contributed by atoms with Gasteiger partial charge in [0.05, 0.1) is 11.4 Å². The topological polar surface area (TPSA) is 62.3 Å². The van der Waals surface area contributed by atoms with Crippen LogP contribution < -0.4 is 4.90 Å². The molecule has 0 amide bonds. The molecule has 0 bridgehead atoms. The predicted molar refractivity (Wildman–Crippen MR) is 130 cm³/mol. The Morgan fingerprint density at radius 2 is 1.88 bits per heavy atom. The molecule has 174 valence electrons. The lowest BCUT2D eigenvalue weighted by atomic mass is 10.0. The molecule has 2 aliphatic rings. The van der Waals surface area contributed by atoms with Gasteiger partial charge in [0.25, 0.3) is 0 Å². The number of rotatable bonds is 4. The number of nitrogens with zero attached hydrogens (tertiary/aromatic N) is 6. The van der Waals surface area contributed by atoms with Crippen molar-refractivity contribution in [2.75, 3.05) is 38.7 Å². The quantitative estimate of drug-likeness (QED) is 0.448. The van der Waals surface area contributed by atoms with Crippen molar-refractivity contribution in [3.05, 3.63) is 72.4 Å². The zero-order valence-corrected chi connectivity index (χ0v) is 19.3. The minimum Gasteiger partial charge on any atom is -0.396 e. The van der Waals surface area contributed by atoms with Crippen molar-refractivity contribution in [3.63, 3.8) is 0 Å². The second-order valence-corrected chi connectivity index (χ2v) is 9.44. The first-order valence-corrected chi connectivity index (χ1v) is 11.5. The number of likely N-dealkylation sites (N-methyl/N-ethyl adjacent to an activating group) is 1. The number of aliphatic hydroxyl groups is 1. The highest BCUT2D eigenvalue weighted by molar-refractivity contribution is 5.72. The number of aromatic nitrogens is 4. The Kier molecular flexibility index (Phi) is 5.00. The van der Waals surface area contributed by atoms with Gasteiger partial charge < -0.3 is 19.5 Å². The molecule has 0 aliphatic carbocycles. The number of hydrogen-bond donors (Lipinski definition) is 1. The summed E-state index contributed by atoms with van der Waals surface area (Å²) < 4.78 is 17.5. The molecule has 1 saturated heterocycles. The van der Waals surface area contributed by atoms with Crippen molar-refractivity contribution in [2.45, 2.75) is 12.6 Å². The normalized spacial score (nSPS) is 19.1. The molecule has 2 atom stereocenters. The summed E-state index contributed by atoms with van der Waals surface area (Å²) in [5.41, 5.74) is 6.27. The van der Waals surface area contributed by atoms with Crippen LogP contribution in [0.15, 0.2) is 61.1 Å². The molecule has 7 nitrogen and oxygen atoms in total. The molecule has 0 radical (unpaired) electrons. The first kappa shape index (κ1) is 21.1. The van der Waals surface area contributed by atoms with E-state index in [1.165, 1.54) is 12.1 Å². The van der Waals surface area contributed by atoms with Crippen LogP contribution in [0.5, 0.6) is 0 Å². The van der Waals surface area contributed by atoms with Gasteiger partial charge in [0, 0.05) is 55.6 Å². The Hall–Kier alpha value is -3.49. The molecule has 1 fully saturated rings. The molecule has 2 aliphatic heterocycles. The molecule has 2 aromatic carbocycles. The van der Waals surface area contributed by atoms with Crippen LogP contribution in [0.3, 0.4) is 0 Å². The molecule has 1 N–H and O–H groups in total. The maximum absolute atomic E-state index is 13.4. The van der Waals surface area contributed by atoms with Crippen LogP contribution in [0.4, 0.5) is 10.1 Å². The highest BCUT2D eigenvalue weighted by Crippen LogP contribution is 2.35. The van der Waals surface area contributed by atoms with Crippen LogP contribution in [0.1, 0.15) is 5.56 Å². The zero-order valence-electron chi connectivity index (χ0n) is 19.3. The van der Waals surface area contributed by atoms with Gasteiger partial charge in [-0.3, -0.25) is 0 Å². The number of aliphatic hydroxyl groups excluding tert-OH is 1. The minimum absolute atomic E-state index is 0.186. The van der Waals surface area contributed by atoms with Crippen LogP contribution >= 0.6 is 0 Å². The van der Waals surface area contributed by atoms with Gasteiger partial charge in [0.2, 0.25) is 0 Å². The third-order valence-corrected chi connectivity index (χ3v) is 7.15. The third kappa shape index (κ3) is 3.41. The summed E-state index contributed by atoms with van der Waals surface area (Å²) in [7, 11) is 4.15. The second kappa shape index (κ2) is 8.07. The summed E-state index contributed by atoms with van der Waals surface area (Å²) in [6, 6.07) is 15.5. The van der Waals surface area contributed by atoms with Gasteiger partial charge in [-0.2, -0.15) is 5.10 Å². The third-order valence-electron chi connectivity index (χ3n) is 7.15. The molecule has 4 aromatic rings. The van der Waals surface area contributed by atoms with E-state index in [9.17, 15) is 9.50 Å². The van der Waals surface area contributed by atoms with Gasteiger partial charge in [0.1, 0.15) is 12.1 Å². The van der Waals surface area contributed by atoms with Crippen LogP contribution in [-0.2, 0) is 6.54 Å². The fourth-order valence-electron chi connectivity index (χ4n) is 5.34. The van der Waals surface area contributed by atoms with Crippen LogP contribution in [0.25, 0.3) is 28.3 Å². The standard InChI is InChI=1S/C26H27FN6O/c1-30(2)25-14-31(13-20(25)15-34)22-7-8-23-19(9-22)12-32-11-18(17-3-5-21(27)6-4-17)10-24(32)26-28-16-29-33(23)26/h3-11,16,20,25,34H,12-15H2,1-2H3/t20-,25?/m0/s1. The van der Waals surface area contributed by atoms with E-state index in [0.29, 0.717) is 12.6 Å². The van der Waals surface area contributed by atoms with E-state index in [-0.39, 0.29) is 18.3 Å². The van der Waals surface area contributed by atoms with Crippen molar-refractivity contribution < 1.29 is 9.50 Å². The fraction of sp³-hybridized carbons (Fsp3) is 0.308. The largest absolute Gasteiger partial charge is 0.396 e. The first-order valence-electron chi connectivity index (χ1n) is 11.5. The highest BCUT2D eigenvalue weighted by atomic mass is 19.1. The average molecular weight is 459 g/mol. The van der Waals surface area contributed by atoms with E-state index in [1.807, 2.05) is 4.68 Å². The Morgan fingerprint density at radius 1 is 1.06 bits per heavy atom. The number of benzene rings is 2. The lowest BCUT2D eigenvalue weighted by Crippen LogP contribution is -2.36. The van der Waals surface area contributed by atoms with E-state index in [2.05, 4.69) is 69.0 Å². The molecular formula is C26H27FN6O. The lowest BCUT2D eigenvalue weighted by molar-refractivity contribution is 0.168. The Morgan fingerprint density at radius 3 is 2.62 bits per heavy atom. The molecule has 2 aromatic heterocycles. The number of hydrogen-bond acceptors (Lipinski definition) is 5. The Bertz CT molecular complexity index is 1340. The van der Waals surface area contributed by atoms with E-state index >= 15 is 0 Å². The predicted octanol–water partition coefficient (Wildman–Crippen LogP) is 3.26. The van der Waals surface area contributed by atoms with E-state index < -0.39 is 0 Å². The van der Waals surface area contributed by atoms with Crippen LogP contribution in [0, 0.1) is 11.7 Å². The maximum Gasteiger partial charge on any atom is 0.179 e. The summed E-state index contributed by atoms with van der Waals surface area (Å²) in [6.45, 7) is 2.58. The molecule has 8 heteroatoms. The number of fused-ring (bicyclic) bond motifs is 5. The molecular weight excluding hydrogens is 431 g/mol. The van der Waals surface area contributed by atoms with Crippen molar-refractivity contribution in [1.82, 2.24) is 24.2 Å².